The summed E-state index contributed by atoms with van der Waals surface area (Å²) in [7, 11) is 0. The van der Waals surface area contributed by atoms with Crippen molar-refractivity contribution >= 4 is 26.9 Å². The van der Waals surface area contributed by atoms with E-state index in [0.29, 0.717) is 6.61 Å². The molecule has 2 nitrogen and oxygen atoms in total. The van der Waals surface area contributed by atoms with E-state index in [4.69, 9.17) is 9.15 Å². The number of benzene rings is 2. The molecule has 96 valence electrons. The van der Waals surface area contributed by atoms with Crippen molar-refractivity contribution in [2.45, 2.75) is 13.5 Å². The van der Waals surface area contributed by atoms with Crippen LogP contribution in [-0.4, -0.2) is 0 Å². The maximum Gasteiger partial charge on any atom is 0.135 e. The number of fused-ring (bicyclic) bond motifs is 1. The Morgan fingerprint density at radius 2 is 1.89 bits per heavy atom. The van der Waals surface area contributed by atoms with E-state index in [1.807, 2.05) is 43.3 Å². The highest BCUT2D eigenvalue weighted by Crippen LogP contribution is 2.32. The van der Waals surface area contributed by atoms with Gasteiger partial charge < -0.3 is 9.15 Å². The summed E-state index contributed by atoms with van der Waals surface area (Å²) in [5.74, 6) is 1.73. The van der Waals surface area contributed by atoms with Crippen molar-refractivity contribution in [3.05, 3.63) is 64.3 Å². The van der Waals surface area contributed by atoms with Gasteiger partial charge in [0, 0.05) is 5.39 Å². The number of aryl methyl sites for hydroxylation is 1. The first kappa shape index (κ1) is 12.3. The third-order valence-corrected chi connectivity index (χ3v) is 3.99. The summed E-state index contributed by atoms with van der Waals surface area (Å²) in [6, 6.07) is 16.0. The second kappa shape index (κ2) is 5.10. The van der Waals surface area contributed by atoms with Crippen molar-refractivity contribution in [2.24, 2.45) is 0 Å². The van der Waals surface area contributed by atoms with Crippen LogP contribution >= 0.6 is 15.9 Å². The fourth-order valence-corrected chi connectivity index (χ4v) is 2.39. The standard InChI is InChI=1S/C16H13BrO2/c1-11-16(17)14-9-13(7-8-15(14)19-11)18-10-12-5-3-2-4-6-12/h2-9H,10H2,1H3. The number of hydrogen-bond donors (Lipinski definition) is 0. The van der Waals surface area contributed by atoms with Gasteiger partial charge in [-0.25, -0.2) is 0 Å². The summed E-state index contributed by atoms with van der Waals surface area (Å²) in [6.45, 7) is 2.51. The second-order valence-corrected chi connectivity index (χ2v) is 5.20. The molecule has 0 N–H and O–H groups in total. The van der Waals surface area contributed by atoms with E-state index >= 15 is 0 Å². The van der Waals surface area contributed by atoms with Crippen molar-refractivity contribution in [3.8, 4) is 5.75 Å². The van der Waals surface area contributed by atoms with E-state index in [1.165, 1.54) is 0 Å². The SMILES string of the molecule is Cc1oc2ccc(OCc3ccccc3)cc2c1Br. The Hall–Kier alpha value is -1.74. The van der Waals surface area contributed by atoms with E-state index in [2.05, 4.69) is 28.1 Å². The van der Waals surface area contributed by atoms with Crippen molar-refractivity contribution in [1.29, 1.82) is 0 Å². The molecule has 3 aromatic rings. The second-order valence-electron chi connectivity index (χ2n) is 4.40. The van der Waals surface area contributed by atoms with Gasteiger partial charge in [-0.3, -0.25) is 0 Å². The molecule has 0 atom stereocenters. The Morgan fingerprint density at radius 3 is 2.68 bits per heavy atom. The lowest BCUT2D eigenvalue weighted by atomic mass is 10.2. The number of ether oxygens (including phenoxy) is 1. The molecule has 0 aliphatic carbocycles. The Balaban J connectivity index is 1.83. The summed E-state index contributed by atoms with van der Waals surface area (Å²) in [5.41, 5.74) is 2.03. The summed E-state index contributed by atoms with van der Waals surface area (Å²) in [4.78, 5) is 0. The fraction of sp³-hybridized carbons (Fsp3) is 0.125. The van der Waals surface area contributed by atoms with Crippen LogP contribution in [0.25, 0.3) is 11.0 Å². The van der Waals surface area contributed by atoms with Gasteiger partial charge in [0.1, 0.15) is 23.7 Å². The van der Waals surface area contributed by atoms with E-state index in [-0.39, 0.29) is 0 Å². The zero-order valence-corrected chi connectivity index (χ0v) is 12.1. The van der Waals surface area contributed by atoms with Gasteiger partial charge in [-0.1, -0.05) is 30.3 Å². The third-order valence-electron chi connectivity index (χ3n) is 3.01. The number of hydrogen-bond acceptors (Lipinski definition) is 2. The van der Waals surface area contributed by atoms with Crippen LogP contribution in [0.2, 0.25) is 0 Å². The fourth-order valence-electron chi connectivity index (χ4n) is 2.00. The van der Waals surface area contributed by atoms with Crippen LogP contribution in [0, 0.1) is 6.92 Å². The van der Waals surface area contributed by atoms with E-state index in [0.717, 1.165) is 32.5 Å². The molecule has 2 aromatic carbocycles. The van der Waals surface area contributed by atoms with Crippen LogP contribution in [-0.2, 0) is 6.61 Å². The average molecular weight is 317 g/mol. The molecule has 1 heterocycles. The molecular weight excluding hydrogens is 304 g/mol. The van der Waals surface area contributed by atoms with Crippen molar-refractivity contribution < 1.29 is 9.15 Å². The predicted molar refractivity (Wildman–Crippen MR) is 79.4 cm³/mol. The normalized spacial score (nSPS) is 10.8. The van der Waals surface area contributed by atoms with E-state index < -0.39 is 0 Å². The van der Waals surface area contributed by atoms with Crippen LogP contribution in [0.15, 0.2) is 57.4 Å². The number of halogens is 1. The topological polar surface area (TPSA) is 22.4 Å². The van der Waals surface area contributed by atoms with Crippen LogP contribution in [0.4, 0.5) is 0 Å². The third kappa shape index (κ3) is 2.51. The lowest BCUT2D eigenvalue weighted by Crippen LogP contribution is -1.94. The lowest BCUT2D eigenvalue weighted by Gasteiger charge is -2.06. The Bertz CT molecular complexity index is 701. The predicted octanol–water partition coefficient (Wildman–Crippen LogP) is 5.08. The monoisotopic (exact) mass is 316 g/mol. The highest BCUT2D eigenvalue weighted by Gasteiger charge is 2.09. The molecule has 0 saturated carbocycles. The minimum absolute atomic E-state index is 0.570. The van der Waals surface area contributed by atoms with Crippen molar-refractivity contribution in [1.82, 2.24) is 0 Å². The summed E-state index contributed by atoms with van der Waals surface area (Å²) in [6.07, 6.45) is 0. The molecule has 0 radical (unpaired) electrons. The summed E-state index contributed by atoms with van der Waals surface area (Å²) < 4.78 is 12.4. The molecule has 0 amide bonds. The zero-order valence-electron chi connectivity index (χ0n) is 10.5. The molecule has 19 heavy (non-hydrogen) atoms. The average Bonchev–Trinajstić information content (AvgIpc) is 2.73. The molecule has 0 fully saturated rings. The van der Waals surface area contributed by atoms with Gasteiger partial charge in [0.25, 0.3) is 0 Å². The molecule has 0 bridgehead atoms. The first-order valence-electron chi connectivity index (χ1n) is 6.09. The summed E-state index contributed by atoms with van der Waals surface area (Å²) in [5, 5.41) is 1.04. The molecule has 0 spiro atoms. The van der Waals surface area contributed by atoms with Gasteiger partial charge in [-0.15, -0.1) is 0 Å². The Labute approximate surface area is 120 Å². The minimum Gasteiger partial charge on any atom is -0.489 e. The number of furan rings is 1. The van der Waals surface area contributed by atoms with E-state index in [1.54, 1.807) is 0 Å². The zero-order chi connectivity index (χ0) is 13.2. The van der Waals surface area contributed by atoms with Gasteiger partial charge >= 0.3 is 0 Å². The Kier molecular flexibility index (Phi) is 3.30. The number of rotatable bonds is 3. The van der Waals surface area contributed by atoms with Crippen LogP contribution < -0.4 is 4.74 Å². The maximum atomic E-state index is 5.80. The summed E-state index contributed by atoms with van der Waals surface area (Å²) >= 11 is 3.53. The Morgan fingerprint density at radius 1 is 1.11 bits per heavy atom. The van der Waals surface area contributed by atoms with Crippen LogP contribution in [0.5, 0.6) is 5.75 Å². The lowest BCUT2D eigenvalue weighted by molar-refractivity contribution is 0.306. The molecule has 0 aliphatic heterocycles. The molecule has 3 heteroatoms. The van der Waals surface area contributed by atoms with Crippen LogP contribution in [0.3, 0.4) is 0 Å². The van der Waals surface area contributed by atoms with Crippen molar-refractivity contribution in [3.63, 3.8) is 0 Å². The molecule has 0 unspecified atom stereocenters. The largest absolute Gasteiger partial charge is 0.489 e. The quantitative estimate of drug-likeness (QED) is 0.672. The first-order valence-corrected chi connectivity index (χ1v) is 6.89. The van der Waals surface area contributed by atoms with Gasteiger partial charge in [0.05, 0.1) is 4.47 Å². The maximum absolute atomic E-state index is 5.80. The smallest absolute Gasteiger partial charge is 0.135 e. The minimum atomic E-state index is 0.570. The van der Waals surface area contributed by atoms with Gasteiger partial charge in [0.15, 0.2) is 0 Å². The highest BCUT2D eigenvalue weighted by molar-refractivity contribution is 9.10. The van der Waals surface area contributed by atoms with Crippen molar-refractivity contribution in [2.75, 3.05) is 0 Å². The van der Waals surface area contributed by atoms with Gasteiger partial charge in [-0.05, 0) is 46.6 Å². The van der Waals surface area contributed by atoms with Gasteiger partial charge in [0.2, 0.25) is 0 Å². The molecule has 0 aliphatic rings. The highest BCUT2D eigenvalue weighted by atomic mass is 79.9. The van der Waals surface area contributed by atoms with Crippen LogP contribution in [0.1, 0.15) is 11.3 Å². The van der Waals surface area contributed by atoms with E-state index in [9.17, 15) is 0 Å². The van der Waals surface area contributed by atoms with Gasteiger partial charge in [-0.2, -0.15) is 0 Å². The molecular formula is C16H13BrO2. The molecule has 1 aromatic heterocycles. The molecule has 3 rings (SSSR count). The molecule has 0 saturated heterocycles. The first-order chi connectivity index (χ1) is 9.24.